The first-order valence-electron chi connectivity index (χ1n) is 9.10. The molecule has 0 fully saturated rings. The smallest absolute Gasteiger partial charge is 0.311 e. The fraction of sp³-hybridized carbons (Fsp3) is 0.190. The van der Waals surface area contributed by atoms with Gasteiger partial charge in [0, 0.05) is 10.9 Å². The van der Waals surface area contributed by atoms with E-state index in [0.717, 1.165) is 11.1 Å². The third-order valence-electron chi connectivity index (χ3n) is 3.84. The van der Waals surface area contributed by atoms with Crippen molar-refractivity contribution < 1.29 is 14.3 Å². The van der Waals surface area contributed by atoms with E-state index >= 15 is 0 Å². The summed E-state index contributed by atoms with van der Waals surface area (Å²) in [6, 6.07) is 12.9. The molecule has 1 aromatic heterocycles. The van der Waals surface area contributed by atoms with Crippen molar-refractivity contribution in [3.8, 4) is 5.75 Å². The molecule has 9 heteroatoms. The zero-order valence-electron chi connectivity index (χ0n) is 16.1. The number of aromatic nitrogens is 1. The van der Waals surface area contributed by atoms with Gasteiger partial charge in [0.15, 0.2) is 0 Å². The lowest BCUT2D eigenvalue weighted by molar-refractivity contribution is -0.142. The molecule has 1 heterocycles. The van der Waals surface area contributed by atoms with Gasteiger partial charge >= 0.3 is 5.97 Å². The number of hydrazone groups is 1. The Labute approximate surface area is 188 Å². The summed E-state index contributed by atoms with van der Waals surface area (Å²) in [6.07, 6.45) is 1.79. The van der Waals surface area contributed by atoms with Crippen LogP contribution in [0.3, 0.4) is 0 Å². The van der Waals surface area contributed by atoms with Crippen molar-refractivity contribution in [1.29, 1.82) is 0 Å². The first kappa shape index (κ1) is 22.1. The number of nitrogens with one attached hydrogen (secondary N) is 1. The lowest BCUT2D eigenvalue weighted by Gasteiger charge is -2.09. The fourth-order valence-electron chi connectivity index (χ4n) is 2.47. The number of benzene rings is 2. The molecule has 0 bridgehead atoms. The van der Waals surface area contributed by atoms with Crippen molar-refractivity contribution in [2.45, 2.75) is 20.0 Å². The van der Waals surface area contributed by atoms with Gasteiger partial charge in [-0.25, -0.2) is 4.98 Å². The number of hydrogen-bond acceptors (Lipinski definition) is 7. The summed E-state index contributed by atoms with van der Waals surface area (Å²) in [7, 11) is 0. The summed E-state index contributed by atoms with van der Waals surface area (Å²) in [6.45, 7) is 2.47. The Hall–Kier alpha value is -2.61. The Morgan fingerprint density at radius 1 is 1.23 bits per heavy atom. The summed E-state index contributed by atoms with van der Waals surface area (Å²) in [4.78, 5) is 15.8. The molecule has 0 spiro atoms. The molecule has 0 amide bonds. The Balaban J connectivity index is 1.59. The first-order valence-corrected chi connectivity index (χ1v) is 10.7. The van der Waals surface area contributed by atoms with Crippen LogP contribution in [-0.2, 0) is 22.6 Å². The maximum atomic E-state index is 11.5. The molecule has 0 aliphatic rings. The van der Waals surface area contributed by atoms with Crippen LogP contribution in [0.25, 0.3) is 0 Å². The molecule has 2 aromatic carbocycles. The molecular formula is C21H19Cl2N3O3S. The largest absolute Gasteiger partial charge is 0.488 e. The number of nitrogens with zero attached hydrogens (tertiary/aromatic N) is 2. The number of carbonyl (C=O) groups excluding carboxylic acids is 1. The minimum atomic E-state index is -0.300. The molecule has 0 unspecified atom stereocenters. The van der Waals surface area contributed by atoms with Crippen molar-refractivity contribution >= 4 is 51.9 Å². The lowest BCUT2D eigenvalue weighted by Crippen LogP contribution is -2.07. The van der Waals surface area contributed by atoms with Gasteiger partial charge in [-0.15, -0.1) is 11.3 Å². The molecule has 30 heavy (non-hydrogen) atoms. The highest BCUT2D eigenvalue weighted by atomic mass is 35.5. The minimum Gasteiger partial charge on any atom is -0.488 e. The molecule has 0 radical (unpaired) electrons. The lowest BCUT2D eigenvalue weighted by atomic mass is 10.2. The van der Waals surface area contributed by atoms with E-state index < -0.39 is 0 Å². The summed E-state index contributed by atoms with van der Waals surface area (Å²) < 4.78 is 10.8. The second-order valence-corrected chi connectivity index (χ2v) is 7.74. The maximum Gasteiger partial charge on any atom is 0.311 e. The second-order valence-electron chi connectivity index (χ2n) is 6.07. The number of ether oxygens (including phenoxy) is 2. The molecule has 0 atom stereocenters. The molecule has 3 aromatic rings. The van der Waals surface area contributed by atoms with E-state index in [0.29, 0.717) is 39.8 Å². The average molecular weight is 464 g/mol. The number of para-hydroxylation sites is 1. The number of hydrogen-bond donors (Lipinski definition) is 1. The maximum absolute atomic E-state index is 11.5. The van der Waals surface area contributed by atoms with Gasteiger partial charge in [0.1, 0.15) is 12.4 Å². The Bertz CT molecular complexity index is 1040. The van der Waals surface area contributed by atoms with E-state index in [1.807, 2.05) is 30.3 Å². The molecule has 156 valence electrons. The fourth-order valence-corrected chi connectivity index (χ4v) is 3.45. The number of rotatable bonds is 9. The van der Waals surface area contributed by atoms with Crippen molar-refractivity contribution in [3.05, 3.63) is 74.7 Å². The van der Waals surface area contributed by atoms with Crippen LogP contribution in [0.4, 0.5) is 5.13 Å². The van der Waals surface area contributed by atoms with Crippen molar-refractivity contribution in [2.75, 3.05) is 12.0 Å². The quantitative estimate of drug-likeness (QED) is 0.254. The predicted molar refractivity (Wildman–Crippen MR) is 121 cm³/mol. The molecule has 3 rings (SSSR count). The predicted octanol–water partition coefficient (Wildman–Crippen LogP) is 5.58. The van der Waals surface area contributed by atoms with Crippen LogP contribution in [0.15, 0.2) is 52.9 Å². The highest BCUT2D eigenvalue weighted by Crippen LogP contribution is 2.24. The Morgan fingerprint density at radius 2 is 2.07 bits per heavy atom. The first-order chi connectivity index (χ1) is 14.5. The number of anilines is 1. The van der Waals surface area contributed by atoms with E-state index in [-0.39, 0.29) is 12.4 Å². The van der Waals surface area contributed by atoms with Gasteiger partial charge < -0.3 is 9.47 Å². The van der Waals surface area contributed by atoms with Gasteiger partial charge in [-0.05, 0) is 36.8 Å². The van der Waals surface area contributed by atoms with E-state index in [9.17, 15) is 4.79 Å². The molecule has 1 N–H and O–H groups in total. The van der Waals surface area contributed by atoms with Crippen LogP contribution in [0, 0.1) is 0 Å². The number of thiazole rings is 1. The van der Waals surface area contributed by atoms with E-state index in [1.165, 1.54) is 11.3 Å². The van der Waals surface area contributed by atoms with Gasteiger partial charge in [-0.2, -0.15) is 5.10 Å². The van der Waals surface area contributed by atoms with Crippen LogP contribution in [0.5, 0.6) is 5.75 Å². The van der Waals surface area contributed by atoms with E-state index in [2.05, 4.69) is 15.5 Å². The monoisotopic (exact) mass is 463 g/mol. The van der Waals surface area contributed by atoms with Gasteiger partial charge in [-0.1, -0.05) is 41.4 Å². The standard InChI is InChI=1S/C21H19Cl2N3O3S/c1-2-28-20(27)10-16-13-30-21(25-16)26-24-11-15-5-3-4-6-19(15)29-12-14-7-8-17(22)18(23)9-14/h3-9,11,13H,2,10,12H2,1H3,(H,25,26). The molecular weight excluding hydrogens is 445 g/mol. The molecule has 6 nitrogen and oxygen atoms in total. The topological polar surface area (TPSA) is 72.8 Å². The van der Waals surface area contributed by atoms with Crippen LogP contribution < -0.4 is 10.2 Å². The average Bonchev–Trinajstić information content (AvgIpc) is 3.17. The summed E-state index contributed by atoms with van der Waals surface area (Å²) in [5.74, 6) is 0.377. The zero-order valence-corrected chi connectivity index (χ0v) is 18.4. The van der Waals surface area contributed by atoms with E-state index in [1.54, 1.807) is 30.7 Å². The number of carbonyl (C=O) groups is 1. The SMILES string of the molecule is CCOC(=O)Cc1csc(NN=Cc2ccccc2OCc2ccc(Cl)c(Cl)c2)n1. The van der Waals surface area contributed by atoms with Crippen molar-refractivity contribution in [2.24, 2.45) is 5.10 Å². The van der Waals surface area contributed by atoms with Crippen LogP contribution in [0.2, 0.25) is 10.0 Å². The molecule has 0 saturated carbocycles. The summed E-state index contributed by atoms with van der Waals surface area (Å²) in [5.41, 5.74) is 5.22. The normalized spacial score (nSPS) is 10.9. The van der Waals surface area contributed by atoms with Gasteiger partial charge in [0.2, 0.25) is 5.13 Å². The van der Waals surface area contributed by atoms with Crippen LogP contribution >= 0.6 is 34.5 Å². The number of esters is 1. The van der Waals surface area contributed by atoms with Crippen LogP contribution in [0.1, 0.15) is 23.7 Å². The minimum absolute atomic E-state index is 0.140. The third-order valence-corrected chi connectivity index (χ3v) is 5.38. The van der Waals surface area contributed by atoms with Gasteiger partial charge in [0.25, 0.3) is 0 Å². The van der Waals surface area contributed by atoms with Crippen molar-refractivity contribution in [3.63, 3.8) is 0 Å². The van der Waals surface area contributed by atoms with E-state index in [4.69, 9.17) is 32.7 Å². The Kier molecular flexibility index (Phi) is 8.07. The molecule has 0 saturated heterocycles. The zero-order chi connectivity index (χ0) is 21.3. The third kappa shape index (κ3) is 6.45. The Morgan fingerprint density at radius 3 is 2.87 bits per heavy atom. The summed E-state index contributed by atoms with van der Waals surface area (Å²) in [5, 5.41) is 7.59. The van der Waals surface area contributed by atoms with Crippen LogP contribution in [-0.4, -0.2) is 23.8 Å². The number of halogens is 2. The van der Waals surface area contributed by atoms with Crippen molar-refractivity contribution in [1.82, 2.24) is 4.98 Å². The molecule has 0 aliphatic heterocycles. The summed E-state index contributed by atoms with van der Waals surface area (Å²) >= 11 is 13.4. The van der Waals surface area contributed by atoms with Gasteiger partial charge in [-0.3, -0.25) is 10.2 Å². The second kappa shape index (κ2) is 11.0. The highest BCUT2D eigenvalue weighted by molar-refractivity contribution is 7.13. The molecule has 0 aliphatic carbocycles. The highest BCUT2D eigenvalue weighted by Gasteiger charge is 2.08. The van der Waals surface area contributed by atoms with Gasteiger partial charge in [0.05, 0.1) is 35.0 Å².